The third-order valence-electron chi connectivity index (χ3n) is 3.55. The van der Waals surface area contributed by atoms with Gasteiger partial charge in [0.15, 0.2) is 0 Å². The number of rotatable bonds is 8. The fourth-order valence-electron chi connectivity index (χ4n) is 2.24. The number of nitrogens with one attached hydrogen (secondary N) is 2. The van der Waals surface area contributed by atoms with Crippen LogP contribution in [0.4, 0.5) is 5.69 Å². The van der Waals surface area contributed by atoms with Gasteiger partial charge in [-0.15, -0.1) is 0 Å². The van der Waals surface area contributed by atoms with Crippen molar-refractivity contribution in [3.8, 4) is 5.75 Å². The Labute approximate surface area is 158 Å². The minimum absolute atomic E-state index is 0.00594. The van der Waals surface area contributed by atoms with Crippen molar-refractivity contribution in [1.29, 1.82) is 0 Å². The van der Waals surface area contributed by atoms with Crippen LogP contribution < -0.4 is 14.8 Å². The molecule has 0 saturated carbocycles. The topological polar surface area (TPSA) is 84.5 Å². The summed E-state index contributed by atoms with van der Waals surface area (Å²) >= 11 is 5.88. The minimum atomic E-state index is -3.68. The zero-order valence-electron chi connectivity index (χ0n) is 14.6. The molecule has 0 saturated heterocycles. The number of hydrogen-bond acceptors (Lipinski definition) is 4. The number of amides is 1. The third-order valence-corrected chi connectivity index (χ3v) is 5.26. The van der Waals surface area contributed by atoms with Gasteiger partial charge in [-0.1, -0.05) is 11.6 Å². The van der Waals surface area contributed by atoms with Crippen molar-refractivity contribution in [3.63, 3.8) is 0 Å². The molecule has 2 rings (SSSR count). The van der Waals surface area contributed by atoms with Crippen molar-refractivity contribution in [1.82, 2.24) is 4.72 Å². The maximum absolute atomic E-state index is 12.2. The van der Waals surface area contributed by atoms with E-state index in [1.165, 1.54) is 12.1 Å². The highest BCUT2D eigenvalue weighted by atomic mass is 35.5. The molecule has 0 radical (unpaired) electrons. The van der Waals surface area contributed by atoms with E-state index in [0.717, 1.165) is 5.56 Å². The van der Waals surface area contributed by atoms with E-state index in [0.29, 0.717) is 23.1 Å². The zero-order valence-corrected chi connectivity index (χ0v) is 16.2. The Kier molecular flexibility index (Phi) is 7.02. The highest BCUT2D eigenvalue weighted by Gasteiger charge is 2.14. The van der Waals surface area contributed by atoms with Gasteiger partial charge in [0, 0.05) is 23.7 Å². The van der Waals surface area contributed by atoms with Crippen LogP contribution in [0.2, 0.25) is 5.02 Å². The molecule has 0 aliphatic heterocycles. The molecule has 2 N–H and O–H groups in total. The Bertz CT molecular complexity index is 867. The first-order valence-corrected chi connectivity index (χ1v) is 9.96. The van der Waals surface area contributed by atoms with E-state index in [-0.39, 0.29) is 23.8 Å². The molecule has 0 bridgehead atoms. The maximum Gasteiger partial charge on any atom is 0.240 e. The fraction of sp³-hybridized carbons (Fsp3) is 0.278. The van der Waals surface area contributed by atoms with Crippen molar-refractivity contribution in [2.24, 2.45) is 0 Å². The smallest absolute Gasteiger partial charge is 0.240 e. The lowest BCUT2D eigenvalue weighted by Gasteiger charge is -2.10. The highest BCUT2D eigenvalue weighted by Crippen LogP contribution is 2.20. The quantitative estimate of drug-likeness (QED) is 0.716. The summed E-state index contributed by atoms with van der Waals surface area (Å²) in [6.07, 6.45) is 0.0122. The average molecular weight is 397 g/mol. The van der Waals surface area contributed by atoms with Crippen LogP contribution in [0, 0.1) is 6.92 Å². The van der Waals surface area contributed by atoms with E-state index < -0.39 is 10.0 Å². The van der Waals surface area contributed by atoms with Crippen molar-refractivity contribution in [2.75, 3.05) is 18.5 Å². The molecule has 140 valence electrons. The summed E-state index contributed by atoms with van der Waals surface area (Å²) in [6, 6.07) is 11.2. The molecule has 6 nitrogen and oxygen atoms in total. The van der Waals surface area contributed by atoms with Gasteiger partial charge in [0.05, 0.1) is 11.5 Å². The van der Waals surface area contributed by atoms with Crippen molar-refractivity contribution >= 4 is 33.2 Å². The normalized spacial score (nSPS) is 11.2. The molecule has 0 aromatic heterocycles. The van der Waals surface area contributed by atoms with E-state index in [1.807, 2.05) is 13.8 Å². The lowest BCUT2D eigenvalue weighted by Crippen LogP contribution is -2.28. The first-order valence-electron chi connectivity index (χ1n) is 8.10. The molecule has 0 spiro atoms. The molecule has 0 aliphatic rings. The molecule has 2 aromatic carbocycles. The predicted molar refractivity (Wildman–Crippen MR) is 102 cm³/mol. The summed E-state index contributed by atoms with van der Waals surface area (Å²) in [5.41, 5.74) is 1.48. The number of sulfonamides is 1. The van der Waals surface area contributed by atoms with Crippen LogP contribution in [0.3, 0.4) is 0 Å². The summed E-state index contributed by atoms with van der Waals surface area (Å²) in [4.78, 5) is 12.1. The highest BCUT2D eigenvalue weighted by molar-refractivity contribution is 7.89. The molecule has 0 atom stereocenters. The number of ether oxygens (including phenoxy) is 1. The second kappa shape index (κ2) is 9.02. The Balaban J connectivity index is 1.88. The predicted octanol–water partition coefficient (Wildman–Crippen LogP) is 3.35. The number of aryl methyl sites for hydroxylation is 1. The number of carbonyl (C=O) groups is 1. The van der Waals surface area contributed by atoms with Crippen LogP contribution in [-0.4, -0.2) is 27.5 Å². The molecule has 0 aliphatic carbocycles. The van der Waals surface area contributed by atoms with Crippen molar-refractivity contribution in [2.45, 2.75) is 25.2 Å². The van der Waals surface area contributed by atoms with Gasteiger partial charge in [-0.2, -0.15) is 0 Å². The molecule has 26 heavy (non-hydrogen) atoms. The van der Waals surface area contributed by atoms with Gasteiger partial charge < -0.3 is 10.1 Å². The summed E-state index contributed by atoms with van der Waals surface area (Å²) in [6.45, 7) is 4.18. The number of anilines is 1. The van der Waals surface area contributed by atoms with Crippen LogP contribution >= 0.6 is 11.6 Å². The molecule has 1 amide bonds. The van der Waals surface area contributed by atoms with Crippen molar-refractivity contribution in [3.05, 3.63) is 53.1 Å². The van der Waals surface area contributed by atoms with E-state index >= 15 is 0 Å². The average Bonchev–Trinajstić information content (AvgIpc) is 2.58. The zero-order chi connectivity index (χ0) is 19.2. The van der Waals surface area contributed by atoms with Crippen LogP contribution in [-0.2, 0) is 14.8 Å². The molecular formula is C18H21ClN2O4S. The van der Waals surface area contributed by atoms with Gasteiger partial charge in [0.2, 0.25) is 15.9 Å². The molecule has 2 aromatic rings. The molecular weight excluding hydrogens is 376 g/mol. The molecule has 0 heterocycles. The minimum Gasteiger partial charge on any atom is -0.494 e. The van der Waals surface area contributed by atoms with Gasteiger partial charge in [0.1, 0.15) is 5.75 Å². The van der Waals surface area contributed by atoms with Gasteiger partial charge in [-0.05, 0) is 61.9 Å². The lowest BCUT2D eigenvalue weighted by atomic mass is 10.2. The Morgan fingerprint density at radius 3 is 2.46 bits per heavy atom. The molecule has 8 heteroatoms. The number of benzene rings is 2. The Morgan fingerprint density at radius 2 is 1.85 bits per heavy atom. The summed E-state index contributed by atoms with van der Waals surface area (Å²) in [5.74, 6) is 0.314. The summed E-state index contributed by atoms with van der Waals surface area (Å²) in [7, 11) is -3.68. The lowest BCUT2D eigenvalue weighted by molar-refractivity contribution is -0.116. The second-order valence-electron chi connectivity index (χ2n) is 5.56. The van der Waals surface area contributed by atoms with Crippen molar-refractivity contribution < 1.29 is 17.9 Å². The number of hydrogen-bond donors (Lipinski definition) is 2. The fourth-order valence-corrected chi connectivity index (χ4v) is 3.50. The van der Waals surface area contributed by atoms with Crippen LogP contribution in [0.1, 0.15) is 18.9 Å². The summed E-state index contributed by atoms with van der Waals surface area (Å²) in [5, 5.41) is 3.32. The van der Waals surface area contributed by atoms with Gasteiger partial charge >= 0.3 is 0 Å². The monoisotopic (exact) mass is 396 g/mol. The van der Waals surface area contributed by atoms with E-state index in [2.05, 4.69) is 10.0 Å². The third kappa shape index (κ3) is 5.72. The molecule has 0 unspecified atom stereocenters. The van der Waals surface area contributed by atoms with Gasteiger partial charge in [-0.3, -0.25) is 4.79 Å². The maximum atomic E-state index is 12.2. The summed E-state index contributed by atoms with van der Waals surface area (Å²) < 4.78 is 32.2. The molecule has 0 fully saturated rings. The standard InChI is InChI=1S/C18H21ClN2O4S/c1-3-25-15-5-7-16(8-6-15)26(23,24)20-11-10-18(22)21-17-9-4-14(19)12-13(17)2/h4-9,12,20H,3,10-11H2,1-2H3,(H,21,22). The largest absolute Gasteiger partial charge is 0.494 e. The van der Waals surface area contributed by atoms with Crippen LogP contribution in [0.15, 0.2) is 47.4 Å². The van der Waals surface area contributed by atoms with Gasteiger partial charge in [0.25, 0.3) is 0 Å². The Hall–Kier alpha value is -2.09. The van der Waals surface area contributed by atoms with E-state index in [1.54, 1.807) is 30.3 Å². The number of carbonyl (C=O) groups excluding carboxylic acids is 1. The van der Waals surface area contributed by atoms with Crippen LogP contribution in [0.25, 0.3) is 0 Å². The second-order valence-corrected chi connectivity index (χ2v) is 7.76. The van der Waals surface area contributed by atoms with Gasteiger partial charge in [-0.25, -0.2) is 13.1 Å². The SMILES string of the molecule is CCOc1ccc(S(=O)(=O)NCCC(=O)Nc2ccc(Cl)cc2C)cc1. The first-order chi connectivity index (χ1) is 12.3. The number of halogens is 1. The van der Waals surface area contributed by atoms with E-state index in [9.17, 15) is 13.2 Å². The Morgan fingerprint density at radius 1 is 1.15 bits per heavy atom. The van der Waals surface area contributed by atoms with E-state index in [4.69, 9.17) is 16.3 Å². The first kappa shape index (κ1) is 20.2. The van der Waals surface area contributed by atoms with Crippen LogP contribution in [0.5, 0.6) is 5.75 Å².